The number of hydrogen-bond acceptors (Lipinski definition) is 4. The summed E-state index contributed by atoms with van der Waals surface area (Å²) < 4.78 is 5.49. The van der Waals surface area contributed by atoms with Gasteiger partial charge in [0.2, 0.25) is 0 Å². The van der Waals surface area contributed by atoms with E-state index in [9.17, 15) is 14.7 Å². The van der Waals surface area contributed by atoms with Gasteiger partial charge in [-0.2, -0.15) is 0 Å². The number of rotatable bonds is 8. The minimum absolute atomic E-state index is 0.0875. The Morgan fingerprint density at radius 2 is 1.54 bits per heavy atom. The summed E-state index contributed by atoms with van der Waals surface area (Å²) >= 11 is 0. The maximum atomic E-state index is 12.5. The van der Waals surface area contributed by atoms with Crippen LogP contribution in [0.15, 0.2) is 48.5 Å². The van der Waals surface area contributed by atoms with Crippen molar-refractivity contribution < 1.29 is 19.4 Å². The molecule has 0 fully saturated rings. The Morgan fingerprint density at radius 3 is 2.04 bits per heavy atom. The van der Waals surface area contributed by atoms with Crippen LogP contribution in [0.2, 0.25) is 0 Å². The van der Waals surface area contributed by atoms with Crippen LogP contribution in [0.25, 0.3) is 11.1 Å². The van der Waals surface area contributed by atoms with Crippen LogP contribution in [-0.4, -0.2) is 29.7 Å². The number of carboxylic acid groups (broad SMARTS) is 1. The molecule has 0 bridgehead atoms. The molecule has 2 aromatic carbocycles. The lowest BCUT2D eigenvalue weighted by atomic mass is 9.94. The number of nitrogens with two attached hydrogens (primary N) is 1. The third-order valence-electron chi connectivity index (χ3n) is 5.25. The third-order valence-corrected chi connectivity index (χ3v) is 5.25. The zero-order chi connectivity index (χ0) is 20.3. The fourth-order valence-corrected chi connectivity index (χ4v) is 4.01. The van der Waals surface area contributed by atoms with E-state index in [1.807, 2.05) is 50.2 Å². The highest BCUT2D eigenvalue weighted by Crippen LogP contribution is 2.44. The number of benzene rings is 2. The van der Waals surface area contributed by atoms with E-state index in [2.05, 4.69) is 12.1 Å². The van der Waals surface area contributed by atoms with Crippen LogP contribution in [0.5, 0.6) is 0 Å². The average molecular weight is 381 g/mol. The minimum atomic E-state index is -1.24. The molecule has 1 aliphatic rings. The lowest BCUT2D eigenvalue weighted by molar-refractivity contribution is -0.159. The molecular weight excluding hydrogens is 354 g/mol. The minimum Gasteiger partial charge on any atom is -0.481 e. The molecule has 5 heteroatoms. The summed E-state index contributed by atoms with van der Waals surface area (Å²) in [6.45, 7) is 4.15. The molecule has 1 unspecified atom stereocenters. The summed E-state index contributed by atoms with van der Waals surface area (Å²) in [6, 6.07) is 15.7. The Hall–Kier alpha value is -2.66. The van der Waals surface area contributed by atoms with Gasteiger partial charge in [0.1, 0.15) is 6.61 Å². The van der Waals surface area contributed by atoms with Gasteiger partial charge < -0.3 is 15.6 Å². The lowest BCUT2D eigenvalue weighted by Gasteiger charge is -2.20. The molecule has 0 saturated carbocycles. The van der Waals surface area contributed by atoms with E-state index in [-0.39, 0.29) is 25.0 Å². The van der Waals surface area contributed by atoms with Crippen molar-refractivity contribution in [2.75, 3.05) is 6.61 Å². The number of ether oxygens (including phenoxy) is 1. The molecular formula is C23H27NO4. The van der Waals surface area contributed by atoms with Gasteiger partial charge in [-0.05, 0) is 41.0 Å². The molecule has 0 saturated heterocycles. The van der Waals surface area contributed by atoms with Gasteiger partial charge in [-0.1, -0.05) is 62.4 Å². The molecule has 2 atom stereocenters. The maximum Gasteiger partial charge on any atom is 0.320 e. The van der Waals surface area contributed by atoms with Crippen LogP contribution >= 0.6 is 0 Å². The Bertz CT molecular complexity index is 816. The van der Waals surface area contributed by atoms with Gasteiger partial charge in [-0.15, -0.1) is 0 Å². The lowest BCUT2D eigenvalue weighted by Crippen LogP contribution is -2.34. The second-order valence-electron chi connectivity index (χ2n) is 7.87. The largest absolute Gasteiger partial charge is 0.481 e. The van der Waals surface area contributed by atoms with E-state index >= 15 is 0 Å². The first-order chi connectivity index (χ1) is 13.4. The van der Waals surface area contributed by atoms with Crippen LogP contribution in [0.3, 0.4) is 0 Å². The van der Waals surface area contributed by atoms with E-state index in [1.165, 1.54) is 0 Å². The van der Waals surface area contributed by atoms with Crippen LogP contribution in [0.4, 0.5) is 0 Å². The van der Waals surface area contributed by atoms with Gasteiger partial charge in [0.05, 0.1) is 0 Å². The molecule has 0 heterocycles. The Kier molecular flexibility index (Phi) is 6.15. The number of aliphatic carboxylic acids is 1. The van der Waals surface area contributed by atoms with E-state index < -0.39 is 17.9 Å². The van der Waals surface area contributed by atoms with Crippen molar-refractivity contribution in [2.45, 2.75) is 38.6 Å². The van der Waals surface area contributed by atoms with Crippen molar-refractivity contribution in [1.82, 2.24) is 0 Å². The number of esters is 1. The molecule has 0 radical (unpaired) electrons. The fraction of sp³-hybridized carbons (Fsp3) is 0.391. The van der Waals surface area contributed by atoms with Crippen molar-refractivity contribution >= 4 is 11.9 Å². The van der Waals surface area contributed by atoms with E-state index in [0.29, 0.717) is 12.3 Å². The smallest absolute Gasteiger partial charge is 0.320 e. The highest BCUT2D eigenvalue weighted by Gasteiger charge is 2.33. The maximum absolute atomic E-state index is 12.5. The van der Waals surface area contributed by atoms with Gasteiger partial charge in [-0.25, -0.2) is 0 Å². The van der Waals surface area contributed by atoms with Crippen molar-refractivity contribution in [3.8, 4) is 11.1 Å². The SMILES string of the molecule is CC(C)CC(N)C[C@H](C(=O)O)C(=O)OCC1c2ccccc2-c2ccccc21. The summed E-state index contributed by atoms with van der Waals surface area (Å²) in [5.41, 5.74) is 10.5. The van der Waals surface area contributed by atoms with Gasteiger partial charge in [0, 0.05) is 12.0 Å². The van der Waals surface area contributed by atoms with E-state index in [4.69, 9.17) is 10.5 Å². The van der Waals surface area contributed by atoms with Crippen molar-refractivity contribution in [1.29, 1.82) is 0 Å². The van der Waals surface area contributed by atoms with Crippen LogP contribution in [-0.2, 0) is 14.3 Å². The van der Waals surface area contributed by atoms with Crippen molar-refractivity contribution in [2.24, 2.45) is 17.6 Å². The topological polar surface area (TPSA) is 89.6 Å². The fourth-order valence-electron chi connectivity index (χ4n) is 4.01. The number of carboxylic acids is 1. The molecule has 0 amide bonds. The molecule has 0 spiro atoms. The summed E-state index contributed by atoms with van der Waals surface area (Å²) in [6.07, 6.45) is 0.755. The van der Waals surface area contributed by atoms with E-state index in [1.54, 1.807) is 0 Å². The second-order valence-corrected chi connectivity index (χ2v) is 7.87. The normalized spacial score (nSPS) is 15.0. The first-order valence-corrected chi connectivity index (χ1v) is 9.71. The standard InChI is InChI=1S/C23H27NO4/c1-14(2)11-15(24)12-20(22(25)26)23(27)28-13-21-18-9-5-3-7-16(18)17-8-4-6-10-19(17)21/h3-10,14-15,20-21H,11-13,24H2,1-2H3,(H,25,26)/t15?,20-/m1/s1. The van der Waals surface area contributed by atoms with Gasteiger partial charge in [0.15, 0.2) is 5.92 Å². The van der Waals surface area contributed by atoms with Gasteiger partial charge in [0.25, 0.3) is 0 Å². The Balaban J connectivity index is 1.72. The zero-order valence-corrected chi connectivity index (χ0v) is 16.3. The van der Waals surface area contributed by atoms with Gasteiger partial charge in [-0.3, -0.25) is 9.59 Å². The number of fused-ring (bicyclic) bond motifs is 3. The zero-order valence-electron chi connectivity index (χ0n) is 16.3. The Morgan fingerprint density at radius 1 is 1.00 bits per heavy atom. The molecule has 3 rings (SSSR count). The summed E-state index contributed by atoms with van der Waals surface area (Å²) in [4.78, 5) is 24.1. The van der Waals surface area contributed by atoms with Crippen molar-refractivity contribution in [3.63, 3.8) is 0 Å². The number of hydrogen-bond donors (Lipinski definition) is 2. The molecule has 3 N–H and O–H groups in total. The molecule has 28 heavy (non-hydrogen) atoms. The molecule has 2 aromatic rings. The highest BCUT2D eigenvalue weighted by molar-refractivity contribution is 5.94. The van der Waals surface area contributed by atoms with Gasteiger partial charge >= 0.3 is 11.9 Å². The molecule has 0 aromatic heterocycles. The first-order valence-electron chi connectivity index (χ1n) is 9.71. The molecule has 5 nitrogen and oxygen atoms in total. The third kappa shape index (κ3) is 4.25. The number of carbonyl (C=O) groups excluding carboxylic acids is 1. The monoisotopic (exact) mass is 381 g/mol. The summed E-state index contributed by atoms with van der Waals surface area (Å²) in [7, 11) is 0. The predicted octanol–water partition coefficient (Wildman–Crippen LogP) is 3.81. The molecule has 1 aliphatic carbocycles. The van der Waals surface area contributed by atoms with Crippen molar-refractivity contribution in [3.05, 3.63) is 59.7 Å². The van der Waals surface area contributed by atoms with Crippen LogP contribution in [0, 0.1) is 11.8 Å². The van der Waals surface area contributed by atoms with Crippen LogP contribution in [0.1, 0.15) is 43.7 Å². The second kappa shape index (κ2) is 8.57. The summed E-state index contributed by atoms with van der Waals surface area (Å²) in [5, 5.41) is 9.48. The highest BCUT2D eigenvalue weighted by atomic mass is 16.5. The summed E-state index contributed by atoms with van der Waals surface area (Å²) in [5.74, 6) is -2.88. The predicted molar refractivity (Wildman–Crippen MR) is 108 cm³/mol. The molecule has 0 aliphatic heterocycles. The van der Waals surface area contributed by atoms with Crippen LogP contribution < -0.4 is 5.73 Å². The van der Waals surface area contributed by atoms with E-state index in [0.717, 1.165) is 22.3 Å². The quantitative estimate of drug-likeness (QED) is 0.536. The molecule has 148 valence electrons. The Labute approximate surface area is 165 Å². The average Bonchev–Trinajstić information content (AvgIpc) is 2.97. The first kappa shape index (κ1) is 20.1. The number of carbonyl (C=O) groups is 2.